The Balaban J connectivity index is 3.52. The Morgan fingerprint density at radius 3 is 2.09 bits per heavy atom. The molecule has 0 aliphatic carbocycles. The number of hydrogen-bond acceptors (Lipinski definition) is 5. The molecule has 35 heavy (non-hydrogen) atoms. The number of nitrogens with zero attached hydrogens (tertiary/aromatic N) is 1. The number of rotatable bonds is 9. The van der Waals surface area contributed by atoms with E-state index in [1.54, 1.807) is 25.7 Å². The molecule has 1 aromatic rings. The number of ether oxygens (including phenoxy) is 1. The minimum atomic E-state index is -0.970. The first-order valence-corrected chi connectivity index (χ1v) is 13.0. The summed E-state index contributed by atoms with van der Waals surface area (Å²) in [5, 5.41) is 5.73. The van der Waals surface area contributed by atoms with Crippen molar-refractivity contribution in [3.8, 4) is 0 Å². The molecule has 3 unspecified atom stereocenters. The summed E-state index contributed by atoms with van der Waals surface area (Å²) in [6, 6.07) is 3.90. The van der Waals surface area contributed by atoms with E-state index in [1.165, 1.54) is 0 Å². The third kappa shape index (κ3) is 9.39. The molecule has 0 aromatic heterocycles. The lowest BCUT2D eigenvalue weighted by Gasteiger charge is -2.43. The summed E-state index contributed by atoms with van der Waals surface area (Å²) in [6.07, 6.45) is 1.05. The maximum absolute atomic E-state index is 13.9. The van der Waals surface area contributed by atoms with E-state index in [1.807, 2.05) is 59.7 Å². The third-order valence-electron chi connectivity index (χ3n) is 5.60. The molecule has 0 aliphatic rings. The van der Waals surface area contributed by atoms with Gasteiger partial charge in [-0.2, -0.15) is 12.6 Å². The van der Waals surface area contributed by atoms with E-state index in [0.717, 1.165) is 24.0 Å². The van der Waals surface area contributed by atoms with Gasteiger partial charge in [0.1, 0.15) is 17.7 Å². The van der Waals surface area contributed by atoms with Crippen LogP contribution < -0.4 is 10.6 Å². The van der Waals surface area contributed by atoms with Crippen molar-refractivity contribution in [2.45, 2.75) is 111 Å². The van der Waals surface area contributed by atoms with Gasteiger partial charge in [0.25, 0.3) is 0 Å². The minimum Gasteiger partial charge on any atom is -0.444 e. The van der Waals surface area contributed by atoms with Gasteiger partial charge in [-0.15, -0.1) is 0 Å². The van der Waals surface area contributed by atoms with Crippen LogP contribution in [0.5, 0.6) is 0 Å². The second-order valence-electron chi connectivity index (χ2n) is 11.2. The van der Waals surface area contributed by atoms with Crippen LogP contribution in [0.1, 0.15) is 91.0 Å². The second kappa shape index (κ2) is 12.7. The summed E-state index contributed by atoms with van der Waals surface area (Å²) in [6.45, 7) is 18.9. The first-order valence-electron chi connectivity index (χ1n) is 12.3. The molecule has 7 nitrogen and oxygen atoms in total. The summed E-state index contributed by atoms with van der Waals surface area (Å²) >= 11 is 4.33. The molecule has 0 aliphatic heterocycles. The van der Waals surface area contributed by atoms with E-state index in [-0.39, 0.29) is 17.7 Å². The van der Waals surface area contributed by atoms with Crippen molar-refractivity contribution in [2.75, 3.05) is 5.75 Å². The number of aryl methyl sites for hydroxylation is 2. The van der Waals surface area contributed by atoms with Crippen LogP contribution in [-0.4, -0.2) is 51.8 Å². The van der Waals surface area contributed by atoms with Gasteiger partial charge in [-0.3, -0.25) is 9.59 Å². The molecule has 1 rings (SSSR count). The van der Waals surface area contributed by atoms with Gasteiger partial charge in [0.15, 0.2) is 0 Å². The fourth-order valence-corrected chi connectivity index (χ4v) is 4.08. The monoisotopic (exact) mass is 507 g/mol. The molecule has 8 heteroatoms. The lowest BCUT2D eigenvalue weighted by molar-refractivity contribution is -0.148. The van der Waals surface area contributed by atoms with Crippen molar-refractivity contribution in [3.63, 3.8) is 0 Å². The molecular weight excluding hydrogens is 462 g/mol. The Kier molecular flexibility index (Phi) is 11.1. The maximum Gasteiger partial charge on any atom is 0.408 e. The summed E-state index contributed by atoms with van der Waals surface area (Å²) in [5.41, 5.74) is 1.40. The highest BCUT2D eigenvalue weighted by atomic mass is 32.1. The molecule has 0 bridgehead atoms. The Labute approximate surface area is 217 Å². The second-order valence-corrected chi connectivity index (χ2v) is 11.6. The molecular formula is C27H45N3O4S. The van der Waals surface area contributed by atoms with Crippen molar-refractivity contribution >= 4 is 30.5 Å². The SMILES string of the molecule is CCCC(C)NC(=O)C(c1ccc(C)c(C)c1)N(C(=O)C(CS)NC(=O)OC(C)(C)C)C(C)(C)C. The predicted octanol–water partition coefficient (Wildman–Crippen LogP) is 5.10. The fraction of sp³-hybridized carbons (Fsp3) is 0.667. The zero-order chi connectivity index (χ0) is 27.1. The average molecular weight is 508 g/mol. The average Bonchev–Trinajstić information content (AvgIpc) is 2.69. The molecule has 0 saturated carbocycles. The van der Waals surface area contributed by atoms with Crippen LogP contribution in [0.15, 0.2) is 18.2 Å². The van der Waals surface area contributed by atoms with Crippen LogP contribution >= 0.6 is 12.6 Å². The number of carbonyl (C=O) groups excluding carboxylic acids is 3. The Bertz CT molecular complexity index is 889. The number of amides is 3. The van der Waals surface area contributed by atoms with Crippen LogP contribution in [0, 0.1) is 13.8 Å². The van der Waals surface area contributed by atoms with Crippen molar-refractivity contribution in [1.29, 1.82) is 0 Å². The molecule has 0 spiro atoms. The summed E-state index contributed by atoms with van der Waals surface area (Å²) < 4.78 is 5.35. The third-order valence-corrected chi connectivity index (χ3v) is 5.96. The Morgan fingerprint density at radius 2 is 1.63 bits per heavy atom. The quantitative estimate of drug-likeness (QED) is 0.406. The van der Waals surface area contributed by atoms with Gasteiger partial charge in [0.05, 0.1) is 0 Å². The largest absolute Gasteiger partial charge is 0.444 e. The van der Waals surface area contributed by atoms with Gasteiger partial charge in [-0.1, -0.05) is 31.5 Å². The zero-order valence-electron chi connectivity index (χ0n) is 23.1. The van der Waals surface area contributed by atoms with Gasteiger partial charge in [0, 0.05) is 17.3 Å². The molecule has 2 N–H and O–H groups in total. The van der Waals surface area contributed by atoms with Crippen LogP contribution in [0.3, 0.4) is 0 Å². The number of alkyl carbamates (subject to hydrolysis) is 1. The number of hydrogen-bond donors (Lipinski definition) is 3. The van der Waals surface area contributed by atoms with Crippen LogP contribution in [-0.2, 0) is 14.3 Å². The lowest BCUT2D eigenvalue weighted by atomic mass is 9.93. The normalized spacial score (nSPS) is 14.5. The van der Waals surface area contributed by atoms with Gasteiger partial charge >= 0.3 is 6.09 Å². The first-order chi connectivity index (χ1) is 16.0. The molecule has 0 saturated heterocycles. The number of carbonyl (C=O) groups is 3. The van der Waals surface area contributed by atoms with Gasteiger partial charge in [-0.05, 0) is 85.4 Å². The smallest absolute Gasteiger partial charge is 0.408 e. The highest BCUT2D eigenvalue weighted by Crippen LogP contribution is 2.31. The fourth-order valence-electron chi connectivity index (χ4n) is 3.83. The van der Waals surface area contributed by atoms with Crippen molar-refractivity contribution in [3.05, 3.63) is 34.9 Å². The van der Waals surface area contributed by atoms with E-state index in [4.69, 9.17) is 4.74 Å². The van der Waals surface area contributed by atoms with Crippen LogP contribution in [0.2, 0.25) is 0 Å². The van der Waals surface area contributed by atoms with Crippen molar-refractivity contribution in [2.24, 2.45) is 0 Å². The van der Waals surface area contributed by atoms with Gasteiger partial charge < -0.3 is 20.3 Å². The highest BCUT2D eigenvalue weighted by molar-refractivity contribution is 7.80. The summed E-state index contributed by atoms with van der Waals surface area (Å²) in [4.78, 5) is 41.7. The minimum absolute atomic E-state index is 0.0426. The summed E-state index contributed by atoms with van der Waals surface area (Å²) in [5.74, 6) is -0.606. The van der Waals surface area contributed by atoms with E-state index in [9.17, 15) is 14.4 Å². The highest BCUT2D eigenvalue weighted by Gasteiger charge is 2.41. The first kappa shape index (κ1) is 30.8. The lowest BCUT2D eigenvalue weighted by Crippen LogP contribution is -2.59. The van der Waals surface area contributed by atoms with E-state index >= 15 is 0 Å². The molecule has 0 radical (unpaired) electrons. The standard InChI is InChI=1S/C27H45N3O4S/c1-11-12-19(4)28-23(31)22(20-14-13-17(2)18(3)15-20)30(26(5,6)7)24(32)21(16-35)29-25(33)34-27(8,9)10/h13-15,19,21-22,35H,11-12,16H2,1-10H3,(H,28,31)(H,29,33). The molecule has 0 heterocycles. The van der Waals surface area contributed by atoms with Gasteiger partial charge in [0.2, 0.25) is 11.8 Å². The molecule has 1 aromatic carbocycles. The summed E-state index contributed by atoms with van der Waals surface area (Å²) in [7, 11) is 0. The van der Waals surface area contributed by atoms with Crippen LogP contribution in [0.25, 0.3) is 0 Å². The predicted molar refractivity (Wildman–Crippen MR) is 145 cm³/mol. The topological polar surface area (TPSA) is 87.7 Å². The maximum atomic E-state index is 13.9. The Morgan fingerprint density at radius 1 is 1.03 bits per heavy atom. The molecule has 198 valence electrons. The van der Waals surface area contributed by atoms with Crippen molar-refractivity contribution in [1.82, 2.24) is 15.5 Å². The van der Waals surface area contributed by atoms with Crippen LogP contribution in [0.4, 0.5) is 4.79 Å². The number of thiol groups is 1. The zero-order valence-corrected chi connectivity index (χ0v) is 24.0. The van der Waals surface area contributed by atoms with E-state index in [2.05, 4.69) is 30.2 Å². The van der Waals surface area contributed by atoms with Gasteiger partial charge in [-0.25, -0.2) is 4.79 Å². The Hall–Kier alpha value is -2.22. The van der Waals surface area contributed by atoms with E-state index in [0.29, 0.717) is 5.56 Å². The van der Waals surface area contributed by atoms with Crippen molar-refractivity contribution < 1.29 is 19.1 Å². The molecule has 0 fully saturated rings. The molecule has 3 amide bonds. The number of benzene rings is 1. The van der Waals surface area contributed by atoms with E-state index < -0.39 is 35.2 Å². The molecule has 3 atom stereocenters. The number of nitrogens with one attached hydrogen (secondary N) is 2.